The van der Waals surface area contributed by atoms with Crippen LogP contribution in [0.15, 0.2) is 4.42 Å². The molecule has 2 N–H and O–H groups in total. The van der Waals surface area contributed by atoms with Crippen molar-refractivity contribution in [2.75, 3.05) is 11.9 Å². The summed E-state index contributed by atoms with van der Waals surface area (Å²) < 4.78 is 5.59. The Hall–Kier alpha value is -1.47. The highest BCUT2D eigenvalue weighted by molar-refractivity contribution is 7.11. The lowest BCUT2D eigenvalue weighted by molar-refractivity contribution is 0.457. The normalized spacial score (nSPS) is 12.9. The average molecular weight is 309 g/mol. The Labute approximate surface area is 129 Å². The van der Waals surface area contributed by atoms with Crippen LogP contribution in [-0.2, 0) is 6.54 Å². The standard InChI is InChI=1S/C14H23N5OS/c1-8(2)6-15-7-12-18-19-14(20-12)17-10(4)13-9(3)16-11(5)21-13/h8,10,15H,6-7H2,1-5H3,(H,17,19). The molecule has 0 aliphatic heterocycles. The molecule has 2 rings (SSSR count). The number of anilines is 1. The molecule has 0 fully saturated rings. The summed E-state index contributed by atoms with van der Waals surface area (Å²) in [7, 11) is 0. The fraction of sp³-hybridized carbons (Fsp3) is 0.643. The van der Waals surface area contributed by atoms with Gasteiger partial charge in [-0.3, -0.25) is 0 Å². The Morgan fingerprint density at radius 1 is 1.19 bits per heavy atom. The summed E-state index contributed by atoms with van der Waals surface area (Å²) in [6, 6.07) is 0.558. The maximum absolute atomic E-state index is 5.59. The number of aromatic nitrogens is 3. The first-order valence-corrected chi connectivity index (χ1v) is 8.01. The van der Waals surface area contributed by atoms with Gasteiger partial charge in [-0.1, -0.05) is 18.9 Å². The van der Waals surface area contributed by atoms with E-state index in [1.807, 2.05) is 13.8 Å². The third-order valence-electron chi connectivity index (χ3n) is 2.97. The Morgan fingerprint density at radius 2 is 1.95 bits per heavy atom. The van der Waals surface area contributed by atoms with E-state index in [9.17, 15) is 0 Å². The second-order valence-corrected chi connectivity index (χ2v) is 6.81. The van der Waals surface area contributed by atoms with Gasteiger partial charge in [-0.2, -0.15) is 0 Å². The smallest absolute Gasteiger partial charge is 0.316 e. The van der Waals surface area contributed by atoms with Gasteiger partial charge in [0.15, 0.2) is 0 Å². The van der Waals surface area contributed by atoms with Gasteiger partial charge in [0.05, 0.1) is 23.3 Å². The van der Waals surface area contributed by atoms with Gasteiger partial charge in [0.2, 0.25) is 5.89 Å². The monoisotopic (exact) mass is 309 g/mol. The summed E-state index contributed by atoms with van der Waals surface area (Å²) in [5.41, 5.74) is 1.05. The molecule has 116 valence electrons. The van der Waals surface area contributed by atoms with Crippen LogP contribution in [0.25, 0.3) is 0 Å². The molecule has 2 heterocycles. The van der Waals surface area contributed by atoms with Gasteiger partial charge in [0.1, 0.15) is 0 Å². The van der Waals surface area contributed by atoms with Crippen molar-refractivity contribution in [3.8, 4) is 0 Å². The van der Waals surface area contributed by atoms with Gasteiger partial charge >= 0.3 is 6.01 Å². The second-order valence-electron chi connectivity index (χ2n) is 5.57. The van der Waals surface area contributed by atoms with Crippen molar-refractivity contribution in [2.45, 2.75) is 47.2 Å². The first kappa shape index (κ1) is 15.9. The van der Waals surface area contributed by atoms with Crippen LogP contribution in [0.3, 0.4) is 0 Å². The summed E-state index contributed by atoms with van der Waals surface area (Å²) in [6.07, 6.45) is 0. The number of hydrogen-bond donors (Lipinski definition) is 2. The summed E-state index contributed by atoms with van der Waals surface area (Å²) in [6.45, 7) is 12.0. The van der Waals surface area contributed by atoms with Crippen molar-refractivity contribution in [1.82, 2.24) is 20.5 Å². The zero-order chi connectivity index (χ0) is 15.4. The number of nitrogens with zero attached hydrogens (tertiary/aromatic N) is 3. The molecule has 6 nitrogen and oxygen atoms in total. The molecule has 21 heavy (non-hydrogen) atoms. The molecule has 0 aliphatic rings. The molecule has 1 atom stereocenters. The molecule has 0 amide bonds. The Balaban J connectivity index is 1.91. The van der Waals surface area contributed by atoms with Crippen LogP contribution < -0.4 is 10.6 Å². The van der Waals surface area contributed by atoms with E-state index in [1.165, 1.54) is 4.88 Å². The molecule has 7 heteroatoms. The van der Waals surface area contributed by atoms with Gasteiger partial charge < -0.3 is 15.1 Å². The molecule has 0 bridgehead atoms. The van der Waals surface area contributed by atoms with Crippen molar-refractivity contribution >= 4 is 17.4 Å². The SMILES string of the molecule is Cc1nc(C)c(C(C)Nc2nnc(CNCC(C)C)o2)s1. The molecule has 0 radical (unpaired) electrons. The minimum atomic E-state index is 0.105. The van der Waals surface area contributed by atoms with Crippen LogP contribution >= 0.6 is 11.3 Å². The van der Waals surface area contributed by atoms with E-state index >= 15 is 0 Å². The van der Waals surface area contributed by atoms with E-state index in [2.05, 4.69) is 46.6 Å². The van der Waals surface area contributed by atoms with Gasteiger partial charge in [-0.15, -0.1) is 16.4 Å². The lowest BCUT2D eigenvalue weighted by Gasteiger charge is -2.10. The number of thiazole rings is 1. The van der Waals surface area contributed by atoms with Crippen molar-refractivity contribution in [2.24, 2.45) is 5.92 Å². The maximum Gasteiger partial charge on any atom is 0.316 e. The predicted octanol–water partition coefficient (Wildman–Crippen LogP) is 3.06. The lowest BCUT2D eigenvalue weighted by Crippen LogP contribution is -2.19. The minimum absolute atomic E-state index is 0.105. The van der Waals surface area contributed by atoms with Gasteiger partial charge in [0.25, 0.3) is 0 Å². The number of nitrogens with one attached hydrogen (secondary N) is 2. The topological polar surface area (TPSA) is 75.9 Å². The highest BCUT2D eigenvalue weighted by atomic mass is 32.1. The van der Waals surface area contributed by atoms with Crippen LogP contribution in [0.4, 0.5) is 6.01 Å². The third kappa shape index (κ3) is 4.50. The van der Waals surface area contributed by atoms with Crippen LogP contribution in [0.2, 0.25) is 0 Å². The minimum Gasteiger partial charge on any atom is -0.407 e. The number of hydrogen-bond acceptors (Lipinski definition) is 7. The van der Waals surface area contributed by atoms with E-state index < -0.39 is 0 Å². The molecule has 0 spiro atoms. The van der Waals surface area contributed by atoms with Crippen molar-refractivity contribution in [3.05, 3.63) is 21.5 Å². The molecule has 2 aromatic rings. The first-order valence-electron chi connectivity index (χ1n) is 7.19. The Kier molecular flexibility index (Phi) is 5.30. The fourth-order valence-electron chi connectivity index (χ4n) is 2.05. The van der Waals surface area contributed by atoms with Crippen LogP contribution in [0, 0.1) is 19.8 Å². The molecular formula is C14H23N5OS. The summed E-state index contributed by atoms with van der Waals surface area (Å²) in [5, 5.41) is 15.6. The van der Waals surface area contributed by atoms with Crippen LogP contribution in [0.5, 0.6) is 0 Å². The van der Waals surface area contributed by atoms with Crippen molar-refractivity contribution < 1.29 is 4.42 Å². The fourth-order valence-corrected chi connectivity index (χ4v) is 2.98. The Morgan fingerprint density at radius 3 is 2.57 bits per heavy atom. The Bertz CT molecular complexity index is 578. The predicted molar refractivity (Wildman–Crippen MR) is 84.5 cm³/mol. The second kappa shape index (κ2) is 7.00. The highest BCUT2D eigenvalue weighted by Gasteiger charge is 2.15. The average Bonchev–Trinajstić information content (AvgIpc) is 2.95. The van der Waals surface area contributed by atoms with Gasteiger partial charge in [0, 0.05) is 4.88 Å². The quantitative estimate of drug-likeness (QED) is 0.818. The van der Waals surface area contributed by atoms with Gasteiger partial charge in [-0.05, 0) is 33.2 Å². The van der Waals surface area contributed by atoms with E-state index in [0.717, 1.165) is 17.2 Å². The molecule has 0 aliphatic carbocycles. The largest absolute Gasteiger partial charge is 0.407 e. The zero-order valence-electron chi connectivity index (χ0n) is 13.2. The highest BCUT2D eigenvalue weighted by Crippen LogP contribution is 2.27. The van der Waals surface area contributed by atoms with E-state index in [4.69, 9.17) is 4.42 Å². The molecule has 0 saturated heterocycles. The molecule has 2 aromatic heterocycles. The number of rotatable bonds is 7. The van der Waals surface area contributed by atoms with Crippen LogP contribution in [0.1, 0.15) is 48.3 Å². The summed E-state index contributed by atoms with van der Waals surface area (Å²) in [5.74, 6) is 1.20. The summed E-state index contributed by atoms with van der Waals surface area (Å²) >= 11 is 1.69. The zero-order valence-corrected chi connectivity index (χ0v) is 14.0. The molecule has 0 saturated carbocycles. The molecule has 0 aromatic carbocycles. The van der Waals surface area contributed by atoms with E-state index in [0.29, 0.717) is 24.4 Å². The van der Waals surface area contributed by atoms with E-state index in [-0.39, 0.29) is 6.04 Å². The third-order valence-corrected chi connectivity index (χ3v) is 4.22. The summed E-state index contributed by atoms with van der Waals surface area (Å²) in [4.78, 5) is 5.64. The van der Waals surface area contributed by atoms with E-state index in [1.54, 1.807) is 11.3 Å². The van der Waals surface area contributed by atoms with Gasteiger partial charge in [-0.25, -0.2) is 4.98 Å². The maximum atomic E-state index is 5.59. The molecule has 1 unspecified atom stereocenters. The van der Waals surface area contributed by atoms with Crippen molar-refractivity contribution in [1.29, 1.82) is 0 Å². The van der Waals surface area contributed by atoms with Crippen LogP contribution in [-0.4, -0.2) is 21.7 Å². The van der Waals surface area contributed by atoms with Crippen molar-refractivity contribution in [3.63, 3.8) is 0 Å². The molecular weight excluding hydrogens is 286 g/mol. The number of aryl methyl sites for hydroxylation is 2. The first-order chi connectivity index (χ1) is 9.95. The lowest BCUT2D eigenvalue weighted by atomic mass is 10.2.